The van der Waals surface area contributed by atoms with Crippen LogP contribution in [0.3, 0.4) is 0 Å². The molecule has 0 aliphatic carbocycles. The molecule has 2 heterocycles. The minimum atomic E-state index is -0.881. The number of rotatable bonds is 6. The number of nitrogens with zero attached hydrogens (tertiary/aromatic N) is 1. The maximum atomic E-state index is 13.5. The van der Waals surface area contributed by atoms with Crippen molar-refractivity contribution in [1.82, 2.24) is 4.90 Å². The number of benzene rings is 2. The molecule has 0 unspecified atom stereocenters. The Labute approximate surface area is 183 Å². The van der Waals surface area contributed by atoms with Crippen molar-refractivity contribution in [3.63, 3.8) is 0 Å². The molecule has 0 aromatic heterocycles. The molecule has 2 amide bonds. The minimum Gasteiger partial charge on any atom is -0.489 e. The maximum Gasteiger partial charge on any atom is 0.316 e. The van der Waals surface area contributed by atoms with Gasteiger partial charge in [-0.15, -0.1) is 0 Å². The highest BCUT2D eigenvalue weighted by molar-refractivity contribution is 6.30. The third-order valence-electron chi connectivity index (χ3n) is 4.94. The van der Waals surface area contributed by atoms with E-state index >= 15 is 0 Å². The Morgan fingerprint density at radius 2 is 2.10 bits per heavy atom. The largest absolute Gasteiger partial charge is 0.489 e. The van der Waals surface area contributed by atoms with Gasteiger partial charge < -0.3 is 30.5 Å². The van der Waals surface area contributed by atoms with E-state index in [9.17, 15) is 14.3 Å². The number of urea groups is 1. The number of nitrogens with one attached hydrogen (secondary N) is 1. The molecule has 0 radical (unpaired) electrons. The minimum absolute atomic E-state index is 0.0808. The summed E-state index contributed by atoms with van der Waals surface area (Å²) in [5, 5.41) is 13.4. The Balaban J connectivity index is 1.33. The van der Waals surface area contributed by atoms with Crippen LogP contribution >= 0.6 is 11.6 Å². The van der Waals surface area contributed by atoms with E-state index in [4.69, 9.17) is 26.8 Å². The van der Waals surface area contributed by atoms with E-state index in [-0.39, 0.29) is 24.6 Å². The molecule has 2 aliphatic rings. The molecule has 1 spiro atoms. The molecule has 162 valence electrons. The van der Waals surface area contributed by atoms with Gasteiger partial charge in [-0.25, -0.2) is 9.18 Å². The Morgan fingerprint density at radius 3 is 2.84 bits per heavy atom. The molecule has 9 heteroatoms. The molecule has 2 aliphatic heterocycles. The molecule has 7 nitrogen and oxygen atoms in total. The number of amides is 2. The van der Waals surface area contributed by atoms with Crippen molar-refractivity contribution >= 4 is 23.3 Å². The Bertz CT molecular complexity index is 1050. The zero-order chi connectivity index (χ0) is 22.0. The van der Waals surface area contributed by atoms with Crippen molar-refractivity contribution in [2.24, 2.45) is 5.73 Å². The lowest BCUT2D eigenvalue weighted by Gasteiger charge is -2.29. The highest BCUT2D eigenvalue weighted by Gasteiger charge is 2.36. The number of carbonyl (C=O) groups excluding carboxylic acids is 1. The molecule has 1 atom stereocenters. The first-order valence-corrected chi connectivity index (χ1v) is 9.98. The van der Waals surface area contributed by atoms with E-state index in [1.807, 2.05) is 36.7 Å². The molecule has 4 rings (SSSR count). The van der Waals surface area contributed by atoms with Gasteiger partial charge in [0.25, 0.3) is 0 Å². The van der Waals surface area contributed by atoms with Crippen LogP contribution in [-0.2, 0) is 6.42 Å². The number of fused-ring (bicyclic) bond motifs is 1. The normalized spacial score (nSPS) is 16.7. The first-order valence-electron chi connectivity index (χ1n) is 9.61. The summed E-state index contributed by atoms with van der Waals surface area (Å²) >= 11 is 6.06. The highest BCUT2D eigenvalue weighted by Crippen LogP contribution is 2.39. The number of aliphatic hydroxyl groups is 1. The number of β-amino-alcohol motifs (C(OH)–C–C–N with tert-alkyl or cyclic N) is 1. The number of ether oxygens (including phenoxy) is 2. The fourth-order valence-corrected chi connectivity index (χ4v) is 3.71. The number of hydrogen-bond acceptors (Lipinski definition) is 5. The third kappa shape index (κ3) is 4.92. The van der Waals surface area contributed by atoms with Gasteiger partial charge >= 0.3 is 6.03 Å². The molecular formula is C22H21ClFN3O4. The average Bonchev–Trinajstić information content (AvgIpc) is 3.06. The smallest absolute Gasteiger partial charge is 0.316 e. The fourth-order valence-electron chi connectivity index (χ4n) is 3.51. The summed E-state index contributed by atoms with van der Waals surface area (Å²) in [4.78, 5) is 12.9. The molecule has 2 aromatic rings. The molecule has 4 N–H and O–H groups in total. The van der Waals surface area contributed by atoms with Gasteiger partial charge in [0.15, 0.2) is 5.60 Å². The van der Waals surface area contributed by atoms with Crippen molar-refractivity contribution in [1.29, 1.82) is 0 Å². The first kappa shape index (κ1) is 21.0. The fraction of sp³-hybridized carbons (Fsp3) is 0.227. The molecule has 0 fully saturated rings. The third-order valence-corrected chi connectivity index (χ3v) is 5.17. The molecule has 0 bridgehead atoms. The van der Waals surface area contributed by atoms with E-state index in [1.165, 1.54) is 12.1 Å². The lowest BCUT2D eigenvalue weighted by Crippen LogP contribution is -2.36. The van der Waals surface area contributed by atoms with E-state index in [0.29, 0.717) is 11.4 Å². The Morgan fingerprint density at radius 1 is 1.32 bits per heavy atom. The SMILES string of the molecule is NC(=O)Nc1ccc(F)cc1OC[C@@H](O)CN1C=CC2(C=C1)Cc1cc(Cl)ccc1O2. The summed E-state index contributed by atoms with van der Waals surface area (Å²) in [5.41, 5.74) is 5.80. The predicted molar refractivity (Wildman–Crippen MR) is 115 cm³/mol. The van der Waals surface area contributed by atoms with Gasteiger partial charge in [0.2, 0.25) is 0 Å². The summed E-state index contributed by atoms with van der Waals surface area (Å²) in [6, 6.07) is 8.37. The number of aliphatic hydroxyl groups excluding tert-OH is 1. The molecule has 0 saturated heterocycles. The van der Waals surface area contributed by atoms with Crippen LogP contribution in [0.1, 0.15) is 5.56 Å². The zero-order valence-electron chi connectivity index (χ0n) is 16.4. The number of carbonyl (C=O) groups is 1. The summed E-state index contributed by atoms with van der Waals surface area (Å²) in [7, 11) is 0. The number of primary amides is 1. The quantitative estimate of drug-likeness (QED) is 0.633. The average molecular weight is 446 g/mol. The number of nitrogens with two attached hydrogens (primary N) is 1. The first-order chi connectivity index (χ1) is 14.8. The second-order valence-electron chi connectivity index (χ2n) is 7.41. The van der Waals surface area contributed by atoms with Crippen LogP contribution < -0.4 is 20.5 Å². The highest BCUT2D eigenvalue weighted by atomic mass is 35.5. The van der Waals surface area contributed by atoms with Gasteiger partial charge in [-0.1, -0.05) is 11.6 Å². The van der Waals surface area contributed by atoms with E-state index in [0.717, 1.165) is 17.4 Å². The van der Waals surface area contributed by atoms with E-state index in [1.54, 1.807) is 11.0 Å². The topological polar surface area (TPSA) is 97.1 Å². The van der Waals surface area contributed by atoms with Crippen LogP contribution in [0.25, 0.3) is 0 Å². The molecule has 0 saturated carbocycles. The number of halogens is 2. The van der Waals surface area contributed by atoms with Crippen molar-refractivity contribution in [3.8, 4) is 11.5 Å². The predicted octanol–water partition coefficient (Wildman–Crippen LogP) is 3.43. The van der Waals surface area contributed by atoms with Crippen molar-refractivity contribution in [2.45, 2.75) is 18.1 Å². The van der Waals surface area contributed by atoms with E-state index < -0.39 is 23.6 Å². The standard InChI is InChI=1S/C22H21ClFN3O4/c23-15-1-4-19-14(9-15)11-22(31-19)5-7-27(8-6-22)12-17(28)13-30-20-10-16(24)2-3-18(20)26-21(25)29/h1-10,17,28H,11-13H2,(H3,25,26,29)/t17-/m0/s1. The van der Waals surface area contributed by atoms with Crippen LogP contribution in [0.4, 0.5) is 14.9 Å². The van der Waals surface area contributed by atoms with Gasteiger partial charge in [-0.05, 0) is 42.5 Å². The number of hydrogen-bond donors (Lipinski definition) is 3. The van der Waals surface area contributed by atoms with Crippen molar-refractivity contribution in [2.75, 3.05) is 18.5 Å². The monoisotopic (exact) mass is 445 g/mol. The Kier molecular flexibility index (Phi) is 5.75. The van der Waals surface area contributed by atoms with Gasteiger partial charge in [-0.2, -0.15) is 0 Å². The maximum absolute atomic E-state index is 13.5. The number of anilines is 1. The second kappa shape index (κ2) is 8.49. The zero-order valence-corrected chi connectivity index (χ0v) is 17.2. The van der Waals surface area contributed by atoms with Gasteiger partial charge in [0.1, 0.15) is 30.0 Å². The van der Waals surface area contributed by atoms with E-state index in [2.05, 4.69) is 5.32 Å². The van der Waals surface area contributed by atoms with Crippen LogP contribution in [0.2, 0.25) is 5.02 Å². The van der Waals surface area contributed by atoms with Gasteiger partial charge in [0, 0.05) is 35.5 Å². The van der Waals surface area contributed by atoms with Crippen LogP contribution in [0, 0.1) is 5.82 Å². The van der Waals surface area contributed by atoms with Crippen molar-refractivity contribution < 1.29 is 23.8 Å². The lowest BCUT2D eigenvalue weighted by atomic mass is 9.95. The molecule has 2 aromatic carbocycles. The van der Waals surface area contributed by atoms with Crippen LogP contribution in [0.5, 0.6) is 11.5 Å². The van der Waals surface area contributed by atoms with Gasteiger partial charge in [-0.3, -0.25) is 0 Å². The second-order valence-corrected chi connectivity index (χ2v) is 7.85. The Hall–Kier alpha value is -3.23. The summed E-state index contributed by atoms with van der Waals surface area (Å²) in [5.74, 6) is 0.346. The summed E-state index contributed by atoms with van der Waals surface area (Å²) < 4.78 is 25.1. The van der Waals surface area contributed by atoms with Crippen LogP contribution in [-0.4, -0.2) is 40.9 Å². The molecule has 31 heavy (non-hydrogen) atoms. The van der Waals surface area contributed by atoms with Crippen LogP contribution in [0.15, 0.2) is 61.0 Å². The molecular weight excluding hydrogens is 425 g/mol. The lowest BCUT2D eigenvalue weighted by molar-refractivity contribution is 0.0893. The van der Waals surface area contributed by atoms with Gasteiger partial charge in [0.05, 0.1) is 12.2 Å². The summed E-state index contributed by atoms with van der Waals surface area (Å²) in [6.07, 6.45) is 7.31. The summed E-state index contributed by atoms with van der Waals surface area (Å²) in [6.45, 7) is 0.135. The van der Waals surface area contributed by atoms with Crippen molar-refractivity contribution in [3.05, 3.63) is 77.4 Å².